The van der Waals surface area contributed by atoms with Crippen LogP contribution in [0, 0.1) is 12.8 Å². The lowest BCUT2D eigenvalue weighted by Crippen LogP contribution is -2.23. The first kappa shape index (κ1) is 17.3. The Hall–Kier alpha value is -2.01. The third-order valence-electron chi connectivity index (χ3n) is 3.39. The molecule has 6 heteroatoms. The zero-order valence-corrected chi connectivity index (χ0v) is 14.7. The molecular formula is C17H22ClN3O2. The van der Waals surface area contributed by atoms with Crippen molar-refractivity contribution in [2.75, 3.05) is 7.05 Å². The summed E-state index contributed by atoms with van der Waals surface area (Å²) < 4.78 is 7.02. The van der Waals surface area contributed by atoms with E-state index in [0.29, 0.717) is 17.6 Å². The van der Waals surface area contributed by atoms with E-state index in [1.165, 1.54) is 6.08 Å². The molecule has 1 amide bonds. The number of carbonyl (C=O) groups excluding carboxylic acids is 1. The van der Waals surface area contributed by atoms with E-state index >= 15 is 0 Å². The lowest BCUT2D eigenvalue weighted by atomic mass is 10.2. The van der Waals surface area contributed by atoms with Gasteiger partial charge in [-0.3, -0.25) is 9.48 Å². The predicted molar refractivity (Wildman–Crippen MR) is 91.0 cm³/mol. The topological polar surface area (TPSA) is 51.3 Å². The van der Waals surface area contributed by atoms with E-state index in [0.717, 1.165) is 23.6 Å². The molecule has 0 aliphatic rings. The molecule has 0 bridgehead atoms. The minimum atomic E-state index is -0.117. The average Bonchev–Trinajstić information content (AvgIpc) is 3.06. The number of furan rings is 1. The molecule has 2 heterocycles. The van der Waals surface area contributed by atoms with Crippen molar-refractivity contribution in [2.24, 2.45) is 5.92 Å². The van der Waals surface area contributed by atoms with E-state index in [1.807, 2.05) is 13.0 Å². The molecule has 5 nitrogen and oxygen atoms in total. The van der Waals surface area contributed by atoms with Crippen LogP contribution >= 0.6 is 11.6 Å². The minimum absolute atomic E-state index is 0.117. The van der Waals surface area contributed by atoms with E-state index < -0.39 is 0 Å². The van der Waals surface area contributed by atoms with Gasteiger partial charge in [-0.15, -0.1) is 0 Å². The van der Waals surface area contributed by atoms with Gasteiger partial charge in [0.15, 0.2) is 0 Å². The van der Waals surface area contributed by atoms with Crippen LogP contribution in [0.25, 0.3) is 6.08 Å². The van der Waals surface area contributed by atoms with Crippen LogP contribution < -0.4 is 0 Å². The maximum Gasteiger partial charge on any atom is 0.246 e. The molecule has 0 N–H and O–H groups in total. The van der Waals surface area contributed by atoms with Crippen molar-refractivity contribution in [1.82, 2.24) is 14.7 Å². The molecule has 0 aliphatic heterocycles. The highest BCUT2D eigenvalue weighted by molar-refractivity contribution is 6.31. The van der Waals surface area contributed by atoms with Gasteiger partial charge in [-0.05, 0) is 31.1 Å². The summed E-state index contributed by atoms with van der Waals surface area (Å²) >= 11 is 6.36. The van der Waals surface area contributed by atoms with Crippen molar-refractivity contribution in [3.8, 4) is 0 Å². The van der Waals surface area contributed by atoms with Gasteiger partial charge in [0.25, 0.3) is 0 Å². The van der Waals surface area contributed by atoms with E-state index in [4.69, 9.17) is 16.0 Å². The van der Waals surface area contributed by atoms with Gasteiger partial charge in [0.05, 0.1) is 18.5 Å². The summed E-state index contributed by atoms with van der Waals surface area (Å²) in [7, 11) is 1.73. The highest BCUT2D eigenvalue weighted by Gasteiger charge is 2.13. The summed E-state index contributed by atoms with van der Waals surface area (Å²) in [6.45, 7) is 7.28. The minimum Gasteiger partial charge on any atom is -0.467 e. The van der Waals surface area contributed by atoms with Gasteiger partial charge >= 0.3 is 0 Å². The molecule has 2 aromatic rings. The molecule has 23 heavy (non-hydrogen) atoms. The summed E-state index contributed by atoms with van der Waals surface area (Å²) in [6.07, 6.45) is 4.83. The molecule has 2 rings (SSSR count). The van der Waals surface area contributed by atoms with Crippen molar-refractivity contribution >= 4 is 23.6 Å². The summed E-state index contributed by atoms with van der Waals surface area (Å²) in [6, 6.07) is 3.64. The van der Waals surface area contributed by atoms with E-state index in [-0.39, 0.29) is 5.91 Å². The van der Waals surface area contributed by atoms with Crippen LogP contribution in [0.5, 0.6) is 0 Å². The van der Waals surface area contributed by atoms with Gasteiger partial charge in [0.2, 0.25) is 5.91 Å². The lowest BCUT2D eigenvalue weighted by Gasteiger charge is -2.12. The van der Waals surface area contributed by atoms with Crippen LogP contribution in [0.4, 0.5) is 0 Å². The highest BCUT2D eigenvalue weighted by Crippen LogP contribution is 2.22. The summed E-state index contributed by atoms with van der Waals surface area (Å²) in [5.41, 5.74) is 1.60. The Morgan fingerprint density at radius 1 is 1.52 bits per heavy atom. The Labute approximate surface area is 141 Å². The Bertz CT molecular complexity index is 687. The highest BCUT2D eigenvalue weighted by atomic mass is 35.5. The van der Waals surface area contributed by atoms with Gasteiger partial charge in [0.1, 0.15) is 10.9 Å². The number of aryl methyl sites for hydroxylation is 1. The van der Waals surface area contributed by atoms with Crippen molar-refractivity contribution in [3.63, 3.8) is 0 Å². The van der Waals surface area contributed by atoms with Crippen LogP contribution in [0.2, 0.25) is 5.15 Å². The first-order valence-corrected chi connectivity index (χ1v) is 7.94. The Morgan fingerprint density at radius 3 is 2.87 bits per heavy atom. The van der Waals surface area contributed by atoms with Crippen molar-refractivity contribution in [3.05, 3.63) is 46.6 Å². The van der Waals surface area contributed by atoms with Gasteiger partial charge in [0, 0.05) is 25.2 Å². The quantitative estimate of drug-likeness (QED) is 0.755. The van der Waals surface area contributed by atoms with Gasteiger partial charge in [-0.1, -0.05) is 25.4 Å². The molecule has 2 aromatic heterocycles. The smallest absolute Gasteiger partial charge is 0.246 e. The third-order valence-corrected chi connectivity index (χ3v) is 3.79. The number of aromatic nitrogens is 2. The van der Waals surface area contributed by atoms with Crippen LogP contribution in [0.3, 0.4) is 0 Å². The zero-order chi connectivity index (χ0) is 17.0. The Kier molecular flexibility index (Phi) is 5.66. The maximum atomic E-state index is 12.2. The fourth-order valence-corrected chi connectivity index (χ4v) is 2.53. The Balaban J connectivity index is 2.07. The summed E-state index contributed by atoms with van der Waals surface area (Å²) in [4.78, 5) is 13.8. The fraction of sp³-hybridized carbons (Fsp3) is 0.412. The van der Waals surface area contributed by atoms with E-state index in [9.17, 15) is 4.79 Å². The summed E-state index contributed by atoms with van der Waals surface area (Å²) in [5, 5.41) is 4.99. The molecule has 0 unspecified atom stereocenters. The molecule has 0 saturated heterocycles. The number of hydrogen-bond donors (Lipinski definition) is 0. The van der Waals surface area contributed by atoms with Gasteiger partial charge < -0.3 is 9.32 Å². The van der Waals surface area contributed by atoms with E-state index in [1.54, 1.807) is 35.0 Å². The number of amides is 1. The van der Waals surface area contributed by atoms with Crippen molar-refractivity contribution < 1.29 is 9.21 Å². The number of carbonyl (C=O) groups is 1. The molecule has 0 aromatic carbocycles. The van der Waals surface area contributed by atoms with Crippen LogP contribution in [0.1, 0.15) is 30.9 Å². The summed E-state index contributed by atoms with van der Waals surface area (Å²) in [5.74, 6) is 1.08. The zero-order valence-electron chi connectivity index (χ0n) is 13.9. The van der Waals surface area contributed by atoms with Crippen LogP contribution in [-0.2, 0) is 17.9 Å². The average molecular weight is 336 g/mol. The first-order chi connectivity index (χ1) is 10.9. The monoisotopic (exact) mass is 335 g/mol. The van der Waals surface area contributed by atoms with Gasteiger partial charge in [-0.25, -0.2) is 0 Å². The second-order valence-electron chi connectivity index (χ2n) is 5.97. The second-order valence-corrected chi connectivity index (χ2v) is 6.33. The van der Waals surface area contributed by atoms with Crippen LogP contribution in [-0.4, -0.2) is 27.6 Å². The van der Waals surface area contributed by atoms with Crippen LogP contribution in [0.15, 0.2) is 28.9 Å². The molecular weight excluding hydrogens is 314 g/mol. The molecule has 0 aliphatic carbocycles. The largest absolute Gasteiger partial charge is 0.467 e. The Morgan fingerprint density at radius 2 is 2.26 bits per heavy atom. The molecule has 0 fully saturated rings. The predicted octanol–water partition coefficient (Wildman–Crippen LogP) is 3.77. The molecule has 0 spiro atoms. The molecule has 0 saturated carbocycles. The molecule has 0 atom stereocenters. The molecule has 124 valence electrons. The number of likely N-dealkylation sites (N-methyl/N-ethyl adjacent to an activating group) is 1. The normalized spacial score (nSPS) is 11.6. The first-order valence-electron chi connectivity index (χ1n) is 7.57. The molecule has 0 radical (unpaired) electrons. The second kappa shape index (κ2) is 7.51. The number of nitrogens with zero attached hydrogens (tertiary/aromatic N) is 3. The van der Waals surface area contributed by atoms with Gasteiger partial charge in [-0.2, -0.15) is 5.10 Å². The number of hydrogen-bond acceptors (Lipinski definition) is 3. The lowest BCUT2D eigenvalue weighted by molar-refractivity contribution is -0.125. The van der Waals surface area contributed by atoms with Crippen molar-refractivity contribution in [2.45, 2.75) is 33.9 Å². The third kappa shape index (κ3) is 4.48. The number of halogens is 1. The maximum absolute atomic E-state index is 12.2. The standard InChI is InChI=1S/C17H22ClN3O2/c1-12(2)10-21-17(18)15(13(3)19-21)7-8-16(22)20(4)11-14-6-5-9-23-14/h5-9,12H,10-11H2,1-4H3/b8-7+. The fourth-order valence-electron chi connectivity index (χ4n) is 2.22. The van der Waals surface area contributed by atoms with Crippen molar-refractivity contribution in [1.29, 1.82) is 0 Å². The van der Waals surface area contributed by atoms with E-state index in [2.05, 4.69) is 18.9 Å². The number of rotatable bonds is 6. The SMILES string of the molecule is Cc1nn(CC(C)C)c(Cl)c1/C=C/C(=O)N(C)Cc1ccco1.